The monoisotopic (exact) mass is 201 g/mol. The number of hydrogen-bond acceptors (Lipinski definition) is 1. The predicted octanol–water partition coefficient (Wildman–Crippen LogP) is 2.68. The summed E-state index contributed by atoms with van der Waals surface area (Å²) in [5, 5.41) is 0.459. The zero-order valence-corrected chi connectivity index (χ0v) is 8.53. The Morgan fingerprint density at radius 2 is 2.15 bits per heavy atom. The molecule has 1 atom stereocenters. The summed E-state index contributed by atoms with van der Waals surface area (Å²) in [5.41, 5.74) is 6.72. The zero-order valence-electron chi connectivity index (χ0n) is 7.77. The molecule has 1 unspecified atom stereocenters. The molecule has 0 aliphatic carbocycles. The quantitative estimate of drug-likeness (QED) is 0.783. The van der Waals surface area contributed by atoms with Gasteiger partial charge in [-0.05, 0) is 31.9 Å². The number of aryl methyl sites for hydroxylation is 1. The van der Waals surface area contributed by atoms with Crippen molar-refractivity contribution in [2.24, 2.45) is 5.73 Å². The Labute approximate surface area is 82.7 Å². The smallest absolute Gasteiger partial charge is 0.130 e. The van der Waals surface area contributed by atoms with Crippen molar-refractivity contribution in [1.29, 1.82) is 0 Å². The van der Waals surface area contributed by atoms with Crippen molar-refractivity contribution in [2.75, 3.05) is 0 Å². The van der Waals surface area contributed by atoms with Crippen LogP contribution in [0.4, 0.5) is 4.39 Å². The van der Waals surface area contributed by atoms with Crippen LogP contribution in [-0.4, -0.2) is 6.04 Å². The van der Waals surface area contributed by atoms with Crippen molar-refractivity contribution < 1.29 is 4.39 Å². The fourth-order valence-corrected chi connectivity index (χ4v) is 1.45. The molecule has 72 valence electrons. The number of nitrogens with two attached hydrogens (primary N) is 1. The average molecular weight is 202 g/mol. The molecular weight excluding hydrogens is 189 g/mol. The Morgan fingerprint density at radius 1 is 1.54 bits per heavy atom. The van der Waals surface area contributed by atoms with Gasteiger partial charge in [-0.25, -0.2) is 4.39 Å². The molecule has 0 heterocycles. The minimum Gasteiger partial charge on any atom is -0.328 e. The molecule has 1 rings (SSSR count). The summed E-state index contributed by atoms with van der Waals surface area (Å²) < 4.78 is 13.5. The fraction of sp³-hybridized carbons (Fsp3) is 0.400. The van der Waals surface area contributed by atoms with Gasteiger partial charge in [-0.1, -0.05) is 17.7 Å². The van der Waals surface area contributed by atoms with E-state index in [1.54, 1.807) is 19.1 Å². The maximum absolute atomic E-state index is 13.5. The molecule has 1 aromatic carbocycles. The van der Waals surface area contributed by atoms with Gasteiger partial charge in [0.2, 0.25) is 0 Å². The third-order valence-corrected chi connectivity index (χ3v) is 2.26. The third-order valence-electron chi connectivity index (χ3n) is 1.91. The molecule has 3 heteroatoms. The maximum atomic E-state index is 13.5. The van der Waals surface area contributed by atoms with Crippen LogP contribution in [-0.2, 0) is 6.42 Å². The summed E-state index contributed by atoms with van der Waals surface area (Å²) >= 11 is 5.85. The van der Waals surface area contributed by atoms with E-state index in [-0.39, 0.29) is 11.9 Å². The normalized spacial score (nSPS) is 13.0. The highest BCUT2D eigenvalue weighted by Gasteiger charge is 2.11. The Balaban J connectivity index is 3.10. The van der Waals surface area contributed by atoms with Gasteiger partial charge in [-0.2, -0.15) is 0 Å². The molecule has 0 amide bonds. The van der Waals surface area contributed by atoms with E-state index in [1.807, 2.05) is 6.92 Å². The number of hydrogen-bond donors (Lipinski definition) is 1. The summed E-state index contributed by atoms with van der Waals surface area (Å²) in [6.45, 7) is 3.55. The van der Waals surface area contributed by atoms with Crippen molar-refractivity contribution in [3.8, 4) is 0 Å². The van der Waals surface area contributed by atoms with E-state index in [1.165, 1.54) is 0 Å². The van der Waals surface area contributed by atoms with Gasteiger partial charge in [0, 0.05) is 16.6 Å². The first kappa shape index (κ1) is 10.5. The van der Waals surface area contributed by atoms with E-state index < -0.39 is 0 Å². The van der Waals surface area contributed by atoms with E-state index in [0.29, 0.717) is 22.6 Å². The lowest BCUT2D eigenvalue weighted by atomic mass is 10.0. The van der Waals surface area contributed by atoms with Crippen LogP contribution in [0.15, 0.2) is 12.1 Å². The summed E-state index contributed by atoms with van der Waals surface area (Å²) in [4.78, 5) is 0. The standard InChI is InChI=1S/C10H13ClFN/c1-6-3-4-9(11)8(10(6)12)5-7(2)13/h3-4,7H,5,13H2,1-2H3. The van der Waals surface area contributed by atoms with E-state index in [9.17, 15) is 4.39 Å². The minimum atomic E-state index is -0.232. The lowest BCUT2D eigenvalue weighted by molar-refractivity contribution is 0.588. The molecule has 0 saturated heterocycles. The van der Waals surface area contributed by atoms with Gasteiger partial charge < -0.3 is 5.73 Å². The van der Waals surface area contributed by atoms with Crippen LogP contribution in [0.2, 0.25) is 5.02 Å². The molecule has 0 aliphatic rings. The van der Waals surface area contributed by atoms with Crippen LogP contribution < -0.4 is 5.73 Å². The minimum absolute atomic E-state index is 0.0752. The Morgan fingerprint density at radius 3 is 2.69 bits per heavy atom. The molecule has 0 radical (unpaired) electrons. The molecule has 0 aromatic heterocycles. The maximum Gasteiger partial charge on any atom is 0.130 e. The molecule has 0 bridgehead atoms. The van der Waals surface area contributed by atoms with Crippen LogP contribution in [0.1, 0.15) is 18.1 Å². The lowest BCUT2D eigenvalue weighted by Gasteiger charge is -2.10. The van der Waals surface area contributed by atoms with E-state index in [2.05, 4.69) is 0 Å². The number of rotatable bonds is 2. The van der Waals surface area contributed by atoms with Crippen LogP contribution >= 0.6 is 11.6 Å². The number of benzene rings is 1. The van der Waals surface area contributed by atoms with Gasteiger partial charge in [0.05, 0.1) is 0 Å². The largest absolute Gasteiger partial charge is 0.328 e. The van der Waals surface area contributed by atoms with Gasteiger partial charge in [0.15, 0.2) is 0 Å². The van der Waals surface area contributed by atoms with E-state index >= 15 is 0 Å². The molecular formula is C10H13ClFN. The van der Waals surface area contributed by atoms with Crippen molar-refractivity contribution in [2.45, 2.75) is 26.3 Å². The third kappa shape index (κ3) is 2.42. The summed E-state index contributed by atoms with van der Waals surface area (Å²) in [7, 11) is 0. The van der Waals surface area contributed by atoms with Gasteiger partial charge in [-0.3, -0.25) is 0 Å². The molecule has 13 heavy (non-hydrogen) atoms. The van der Waals surface area contributed by atoms with Crippen molar-refractivity contribution >= 4 is 11.6 Å². The molecule has 0 saturated carbocycles. The summed E-state index contributed by atoms with van der Waals surface area (Å²) in [6, 6.07) is 3.30. The highest BCUT2D eigenvalue weighted by molar-refractivity contribution is 6.31. The van der Waals surface area contributed by atoms with Gasteiger partial charge in [0.1, 0.15) is 5.82 Å². The Bertz CT molecular complexity index is 310. The first-order valence-electron chi connectivity index (χ1n) is 4.21. The highest BCUT2D eigenvalue weighted by Crippen LogP contribution is 2.22. The van der Waals surface area contributed by atoms with Gasteiger partial charge in [-0.15, -0.1) is 0 Å². The van der Waals surface area contributed by atoms with Crippen LogP contribution in [0.25, 0.3) is 0 Å². The summed E-state index contributed by atoms with van der Waals surface area (Å²) in [5.74, 6) is -0.232. The lowest BCUT2D eigenvalue weighted by Crippen LogP contribution is -2.19. The first-order chi connectivity index (χ1) is 6.02. The number of halogens is 2. The fourth-order valence-electron chi connectivity index (χ4n) is 1.22. The van der Waals surface area contributed by atoms with Crippen molar-refractivity contribution in [1.82, 2.24) is 0 Å². The molecule has 0 aliphatic heterocycles. The van der Waals surface area contributed by atoms with E-state index in [0.717, 1.165) is 0 Å². The average Bonchev–Trinajstić information content (AvgIpc) is 2.05. The SMILES string of the molecule is Cc1ccc(Cl)c(CC(C)N)c1F. The molecule has 1 aromatic rings. The molecule has 0 spiro atoms. The first-order valence-corrected chi connectivity index (χ1v) is 4.59. The topological polar surface area (TPSA) is 26.0 Å². The van der Waals surface area contributed by atoms with Crippen LogP contribution in [0.5, 0.6) is 0 Å². The molecule has 0 fully saturated rings. The van der Waals surface area contributed by atoms with Crippen molar-refractivity contribution in [3.05, 3.63) is 34.1 Å². The second kappa shape index (κ2) is 4.07. The zero-order chi connectivity index (χ0) is 10.0. The molecule has 2 N–H and O–H groups in total. The van der Waals surface area contributed by atoms with Crippen LogP contribution in [0.3, 0.4) is 0 Å². The molecule has 1 nitrogen and oxygen atoms in total. The van der Waals surface area contributed by atoms with E-state index in [4.69, 9.17) is 17.3 Å². The van der Waals surface area contributed by atoms with Crippen LogP contribution in [0, 0.1) is 12.7 Å². The Kier molecular flexibility index (Phi) is 3.28. The second-order valence-corrected chi connectivity index (χ2v) is 3.75. The summed E-state index contributed by atoms with van der Waals surface area (Å²) in [6.07, 6.45) is 0.479. The second-order valence-electron chi connectivity index (χ2n) is 3.34. The van der Waals surface area contributed by atoms with Gasteiger partial charge >= 0.3 is 0 Å². The highest BCUT2D eigenvalue weighted by atomic mass is 35.5. The van der Waals surface area contributed by atoms with Gasteiger partial charge in [0.25, 0.3) is 0 Å². The Hall–Kier alpha value is -0.600. The predicted molar refractivity (Wildman–Crippen MR) is 53.5 cm³/mol. The van der Waals surface area contributed by atoms with Crippen molar-refractivity contribution in [3.63, 3.8) is 0 Å².